The van der Waals surface area contributed by atoms with Crippen LogP contribution in [0, 0.1) is 0 Å². The molecule has 5 heteroatoms. The van der Waals surface area contributed by atoms with Gasteiger partial charge in [-0.2, -0.15) is 0 Å². The van der Waals surface area contributed by atoms with Crippen molar-refractivity contribution >= 4 is 5.91 Å². The summed E-state index contributed by atoms with van der Waals surface area (Å²) in [7, 11) is 3.55. The summed E-state index contributed by atoms with van der Waals surface area (Å²) >= 11 is 0. The molecule has 2 aliphatic rings. The Labute approximate surface area is 102 Å². The van der Waals surface area contributed by atoms with E-state index in [1.54, 1.807) is 7.11 Å². The number of amides is 1. The van der Waals surface area contributed by atoms with Crippen LogP contribution < -0.4 is 5.32 Å². The summed E-state index contributed by atoms with van der Waals surface area (Å²) in [6, 6.07) is -0.0278. The minimum atomic E-state index is -0.286. The van der Waals surface area contributed by atoms with Crippen molar-refractivity contribution in [2.45, 2.75) is 30.9 Å². The lowest BCUT2D eigenvalue weighted by molar-refractivity contribution is -0.141. The van der Waals surface area contributed by atoms with Gasteiger partial charge in [-0.1, -0.05) is 0 Å². The molecule has 17 heavy (non-hydrogen) atoms. The molecule has 2 rings (SSSR count). The van der Waals surface area contributed by atoms with Crippen molar-refractivity contribution < 1.29 is 14.3 Å². The van der Waals surface area contributed by atoms with Gasteiger partial charge in [0.2, 0.25) is 5.91 Å². The van der Waals surface area contributed by atoms with E-state index in [0.29, 0.717) is 13.2 Å². The number of ether oxygens (including phenoxy) is 2. The van der Waals surface area contributed by atoms with Crippen molar-refractivity contribution in [1.82, 2.24) is 10.2 Å². The molecule has 2 fully saturated rings. The van der Waals surface area contributed by atoms with Gasteiger partial charge in [0.1, 0.15) is 5.60 Å². The molecule has 0 aliphatic carbocycles. The average Bonchev–Trinajstić information content (AvgIpc) is 2.81. The van der Waals surface area contributed by atoms with Crippen LogP contribution in [0.1, 0.15) is 19.3 Å². The van der Waals surface area contributed by atoms with E-state index in [0.717, 1.165) is 32.4 Å². The number of hydrogen-bond donors (Lipinski definition) is 1. The minimum Gasteiger partial charge on any atom is -0.378 e. The van der Waals surface area contributed by atoms with Gasteiger partial charge in [-0.25, -0.2) is 0 Å². The lowest BCUT2D eigenvalue weighted by Crippen LogP contribution is -2.55. The van der Waals surface area contributed by atoms with Gasteiger partial charge >= 0.3 is 0 Å². The summed E-state index contributed by atoms with van der Waals surface area (Å²) in [5.74, 6) is 0.196. The van der Waals surface area contributed by atoms with E-state index in [4.69, 9.17) is 9.47 Å². The summed E-state index contributed by atoms with van der Waals surface area (Å²) in [5.41, 5.74) is -0.286. The molecule has 0 radical (unpaired) electrons. The van der Waals surface area contributed by atoms with Crippen LogP contribution >= 0.6 is 0 Å². The molecule has 2 atom stereocenters. The Hall–Kier alpha value is -0.650. The van der Waals surface area contributed by atoms with Crippen LogP contribution in [0.25, 0.3) is 0 Å². The minimum absolute atomic E-state index is 0.0278. The molecule has 0 spiro atoms. The standard InChI is InChI=1S/C12H22N2O3/c1-13-10-4-3-6-14(11(10)15)8-12(16-2)5-7-17-9-12/h10,13H,3-9H2,1-2H3. The zero-order chi connectivity index (χ0) is 12.3. The van der Waals surface area contributed by atoms with Gasteiger partial charge in [-0.3, -0.25) is 4.79 Å². The number of likely N-dealkylation sites (tertiary alicyclic amines) is 1. The number of rotatable bonds is 4. The van der Waals surface area contributed by atoms with Crippen LogP contribution in [0.5, 0.6) is 0 Å². The molecule has 1 amide bonds. The Bertz CT molecular complexity index is 277. The largest absolute Gasteiger partial charge is 0.378 e. The number of hydrogen-bond acceptors (Lipinski definition) is 4. The Kier molecular flexibility index (Phi) is 4.01. The third-order valence-corrected chi connectivity index (χ3v) is 3.86. The first kappa shape index (κ1) is 12.8. The average molecular weight is 242 g/mol. The van der Waals surface area contributed by atoms with Crippen molar-refractivity contribution in [1.29, 1.82) is 0 Å². The molecule has 0 aromatic carbocycles. The third kappa shape index (κ3) is 2.61. The number of likely N-dealkylation sites (N-methyl/N-ethyl adjacent to an activating group) is 1. The fourth-order valence-corrected chi connectivity index (χ4v) is 2.65. The topological polar surface area (TPSA) is 50.8 Å². The molecule has 2 unspecified atom stereocenters. The second-order valence-electron chi connectivity index (χ2n) is 4.93. The maximum atomic E-state index is 12.2. The highest BCUT2D eigenvalue weighted by Gasteiger charge is 2.39. The Morgan fingerprint density at radius 1 is 1.65 bits per heavy atom. The summed E-state index contributed by atoms with van der Waals surface area (Å²) in [6.45, 7) is 2.81. The maximum absolute atomic E-state index is 12.2. The van der Waals surface area contributed by atoms with E-state index >= 15 is 0 Å². The van der Waals surface area contributed by atoms with Gasteiger partial charge in [0.15, 0.2) is 0 Å². The lowest BCUT2D eigenvalue weighted by atomic mass is 9.98. The summed E-state index contributed by atoms with van der Waals surface area (Å²) < 4.78 is 11.0. The van der Waals surface area contributed by atoms with E-state index in [2.05, 4.69) is 5.32 Å². The number of nitrogens with zero attached hydrogens (tertiary/aromatic N) is 1. The van der Waals surface area contributed by atoms with E-state index in [9.17, 15) is 4.79 Å². The van der Waals surface area contributed by atoms with Gasteiger partial charge in [-0.15, -0.1) is 0 Å². The molecule has 2 heterocycles. The maximum Gasteiger partial charge on any atom is 0.239 e. The number of carbonyl (C=O) groups excluding carboxylic acids is 1. The molecule has 5 nitrogen and oxygen atoms in total. The van der Waals surface area contributed by atoms with Crippen molar-refractivity contribution in [2.75, 3.05) is 40.5 Å². The summed E-state index contributed by atoms with van der Waals surface area (Å²) in [6.07, 6.45) is 2.86. The number of piperidine rings is 1. The predicted octanol–water partition coefficient (Wildman–Crippen LogP) is 0.00230. The van der Waals surface area contributed by atoms with E-state index in [1.165, 1.54) is 0 Å². The van der Waals surface area contributed by atoms with Crippen molar-refractivity contribution in [3.63, 3.8) is 0 Å². The first-order chi connectivity index (χ1) is 8.21. The quantitative estimate of drug-likeness (QED) is 0.754. The van der Waals surface area contributed by atoms with E-state index in [1.807, 2.05) is 11.9 Å². The number of carbonyl (C=O) groups is 1. The molecule has 0 aromatic heterocycles. The van der Waals surface area contributed by atoms with E-state index in [-0.39, 0.29) is 17.6 Å². The van der Waals surface area contributed by atoms with Crippen LogP contribution in [0.15, 0.2) is 0 Å². The van der Waals surface area contributed by atoms with Gasteiger partial charge in [0.05, 0.1) is 19.2 Å². The lowest BCUT2D eigenvalue weighted by Gasteiger charge is -2.37. The third-order valence-electron chi connectivity index (χ3n) is 3.86. The molecule has 98 valence electrons. The van der Waals surface area contributed by atoms with Crippen LogP contribution in [0.4, 0.5) is 0 Å². The van der Waals surface area contributed by atoms with Crippen molar-refractivity contribution in [3.8, 4) is 0 Å². The van der Waals surface area contributed by atoms with Crippen molar-refractivity contribution in [2.24, 2.45) is 0 Å². The first-order valence-electron chi connectivity index (χ1n) is 6.30. The van der Waals surface area contributed by atoms with Gasteiger partial charge in [0.25, 0.3) is 0 Å². The smallest absolute Gasteiger partial charge is 0.239 e. The zero-order valence-electron chi connectivity index (χ0n) is 10.7. The fourth-order valence-electron chi connectivity index (χ4n) is 2.65. The summed E-state index contributed by atoms with van der Waals surface area (Å²) in [5, 5.41) is 3.08. The number of nitrogens with one attached hydrogen (secondary N) is 1. The highest BCUT2D eigenvalue weighted by atomic mass is 16.5. The first-order valence-corrected chi connectivity index (χ1v) is 6.30. The summed E-state index contributed by atoms with van der Waals surface area (Å²) in [4.78, 5) is 14.1. The highest BCUT2D eigenvalue weighted by molar-refractivity contribution is 5.82. The van der Waals surface area contributed by atoms with Crippen LogP contribution in [0.2, 0.25) is 0 Å². The van der Waals surface area contributed by atoms with Gasteiger partial charge < -0.3 is 19.7 Å². The Morgan fingerprint density at radius 3 is 3.06 bits per heavy atom. The second-order valence-corrected chi connectivity index (χ2v) is 4.93. The Morgan fingerprint density at radius 2 is 2.47 bits per heavy atom. The molecular formula is C12H22N2O3. The predicted molar refractivity (Wildman–Crippen MR) is 63.8 cm³/mol. The Balaban J connectivity index is 1.99. The fraction of sp³-hybridized carbons (Fsp3) is 0.917. The molecular weight excluding hydrogens is 220 g/mol. The van der Waals surface area contributed by atoms with Gasteiger partial charge in [-0.05, 0) is 19.9 Å². The second kappa shape index (κ2) is 5.33. The monoisotopic (exact) mass is 242 g/mol. The molecule has 0 aromatic rings. The SMILES string of the molecule is CNC1CCCN(CC2(OC)CCOC2)C1=O. The molecule has 0 saturated carbocycles. The van der Waals surface area contributed by atoms with Crippen LogP contribution in [-0.4, -0.2) is 62.9 Å². The molecule has 2 saturated heterocycles. The molecule has 0 bridgehead atoms. The normalized spacial score (nSPS) is 34.4. The van der Waals surface area contributed by atoms with Crippen LogP contribution in [-0.2, 0) is 14.3 Å². The molecule has 2 aliphatic heterocycles. The molecule has 1 N–H and O–H groups in total. The van der Waals surface area contributed by atoms with Crippen LogP contribution in [0.3, 0.4) is 0 Å². The highest BCUT2D eigenvalue weighted by Crippen LogP contribution is 2.25. The zero-order valence-corrected chi connectivity index (χ0v) is 10.7. The van der Waals surface area contributed by atoms with Crippen molar-refractivity contribution in [3.05, 3.63) is 0 Å². The van der Waals surface area contributed by atoms with E-state index < -0.39 is 0 Å². The number of methoxy groups -OCH3 is 1. The van der Waals surface area contributed by atoms with Gasteiger partial charge in [0, 0.05) is 26.7 Å².